The molecule has 0 aliphatic heterocycles. The van der Waals surface area contributed by atoms with Crippen molar-refractivity contribution in [3.63, 3.8) is 0 Å². The summed E-state index contributed by atoms with van der Waals surface area (Å²) in [5.41, 5.74) is 1.36. The first kappa shape index (κ1) is 23.1. The van der Waals surface area contributed by atoms with Gasteiger partial charge in [0, 0.05) is 0 Å². The Morgan fingerprint density at radius 1 is 0.577 bits per heavy atom. The summed E-state index contributed by atoms with van der Waals surface area (Å²) in [7, 11) is 1.77. The number of hydrogen-bond donors (Lipinski definition) is 0. The van der Waals surface area contributed by atoms with Crippen molar-refractivity contribution < 1.29 is 4.74 Å². The van der Waals surface area contributed by atoms with Gasteiger partial charge in [0.1, 0.15) is 5.75 Å². The van der Waals surface area contributed by atoms with Crippen molar-refractivity contribution in [1.82, 2.24) is 0 Å². The normalized spacial score (nSPS) is 11.0. The average molecular weight is 361 g/mol. The van der Waals surface area contributed by atoms with Crippen molar-refractivity contribution in [2.24, 2.45) is 0 Å². The van der Waals surface area contributed by atoms with Crippen molar-refractivity contribution in [2.45, 2.75) is 116 Å². The van der Waals surface area contributed by atoms with Crippen molar-refractivity contribution in [2.75, 3.05) is 7.11 Å². The van der Waals surface area contributed by atoms with Crippen LogP contribution in [0.25, 0.3) is 0 Å². The van der Waals surface area contributed by atoms with E-state index in [4.69, 9.17) is 4.74 Å². The summed E-state index contributed by atoms with van der Waals surface area (Å²) in [4.78, 5) is 0. The maximum atomic E-state index is 5.42. The third kappa shape index (κ3) is 12.4. The van der Waals surface area contributed by atoms with E-state index in [0.717, 1.165) is 12.2 Å². The van der Waals surface area contributed by atoms with Crippen LogP contribution in [0.3, 0.4) is 0 Å². The average Bonchev–Trinajstić information content (AvgIpc) is 2.68. The minimum Gasteiger partial charge on any atom is -0.496 e. The summed E-state index contributed by atoms with van der Waals surface area (Å²) in [6, 6.07) is 8.44. The van der Waals surface area contributed by atoms with Crippen LogP contribution in [0.5, 0.6) is 5.75 Å². The molecule has 0 fully saturated rings. The van der Waals surface area contributed by atoms with Gasteiger partial charge in [0.05, 0.1) is 7.11 Å². The lowest BCUT2D eigenvalue weighted by Gasteiger charge is -2.07. The van der Waals surface area contributed by atoms with E-state index in [2.05, 4.69) is 31.2 Å². The SMILES string of the molecule is CCCCCCCCCCCCCCCCCCc1ccccc1OC. The van der Waals surface area contributed by atoms with E-state index in [1.54, 1.807) is 7.11 Å². The third-order valence-corrected chi connectivity index (χ3v) is 5.49. The minimum absolute atomic E-state index is 1.05. The first-order valence-electron chi connectivity index (χ1n) is 11.5. The molecule has 1 heteroatoms. The Bertz CT molecular complexity index is 412. The number of hydrogen-bond acceptors (Lipinski definition) is 1. The molecule has 0 heterocycles. The van der Waals surface area contributed by atoms with Crippen LogP contribution in [0.15, 0.2) is 24.3 Å². The first-order valence-corrected chi connectivity index (χ1v) is 11.5. The first-order chi connectivity index (χ1) is 12.9. The van der Waals surface area contributed by atoms with Crippen LogP contribution >= 0.6 is 0 Å². The van der Waals surface area contributed by atoms with Crippen molar-refractivity contribution in [3.05, 3.63) is 29.8 Å². The highest BCUT2D eigenvalue weighted by molar-refractivity contribution is 5.33. The molecule has 0 amide bonds. The quantitative estimate of drug-likeness (QED) is 0.238. The second-order valence-corrected chi connectivity index (χ2v) is 7.87. The van der Waals surface area contributed by atoms with E-state index < -0.39 is 0 Å². The summed E-state index contributed by atoms with van der Waals surface area (Å²) < 4.78 is 5.42. The second-order valence-electron chi connectivity index (χ2n) is 7.87. The molecule has 1 nitrogen and oxygen atoms in total. The maximum absolute atomic E-state index is 5.42. The Hall–Kier alpha value is -0.980. The summed E-state index contributed by atoms with van der Waals surface area (Å²) >= 11 is 0. The van der Waals surface area contributed by atoms with Crippen LogP contribution in [0.1, 0.15) is 115 Å². The predicted octanol–water partition coefficient (Wildman–Crippen LogP) is 8.50. The zero-order valence-corrected chi connectivity index (χ0v) is 17.7. The molecule has 0 atom stereocenters. The Labute approximate surface area is 163 Å². The van der Waals surface area contributed by atoms with Gasteiger partial charge in [0.2, 0.25) is 0 Å². The number of methoxy groups -OCH3 is 1. The molecular formula is C25H44O. The maximum Gasteiger partial charge on any atom is 0.122 e. The number of aryl methyl sites for hydroxylation is 1. The van der Waals surface area contributed by atoms with Gasteiger partial charge < -0.3 is 4.74 Å². The molecule has 0 spiro atoms. The summed E-state index contributed by atoms with van der Waals surface area (Å²) in [5, 5.41) is 0. The highest BCUT2D eigenvalue weighted by Crippen LogP contribution is 2.20. The summed E-state index contributed by atoms with van der Waals surface area (Å²) in [6.45, 7) is 2.29. The number of rotatable bonds is 18. The van der Waals surface area contributed by atoms with Crippen LogP contribution in [-0.2, 0) is 6.42 Å². The number of benzene rings is 1. The molecule has 0 aromatic heterocycles. The van der Waals surface area contributed by atoms with E-state index in [1.165, 1.54) is 108 Å². The fraction of sp³-hybridized carbons (Fsp3) is 0.760. The number of ether oxygens (including phenoxy) is 1. The van der Waals surface area contributed by atoms with Gasteiger partial charge in [-0.2, -0.15) is 0 Å². The van der Waals surface area contributed by atoms with Crippen LogP contribution in [-0.4, -0.2) is 7.11 Å². The Morgan fingerprint density at radius 2 is 1.00 bits per heavy atom. The van der Waals surface area contributed by atoms with Gasteiger partial charge in [-0.3, -0.25) is 0 Å². The molecule has 150 valence electrons. The van der Waals surface area contributed by atoms with E-state index in [9.17, 15) is 0 Å². The Balaban J connectivity index is 1.80. The standard InChI is InChI=1S/C25H44O/c1-3-4-5-6-7-8-9-10-11-12-13-14-15-16-17-18-21-24-22-19-20-23-25(24)26-2/h19-20,22-23H,3-18,21H2,1-2H3. The third-order valence-electron chi connectivity index (χ3n) is 5.49. The molecule has 1 aromatic rings. The number of para-hydroxylation sites is 1. The summed E-state index contributed by atoms with van der Waals surface area (Å²) in [5.74, 6) is 1.05. The predicted molar refractivity (Wildman–Crippen MR) is 116 cm³/mol. The topological polar surface area (TPSA) is 9.23 Å². The van der Waals surface area contributed by atoms with E-state index in [-0.39, 0.29) is 0 Å². The highest BCUT2D eigenvalue weighted by Gasteiger charge is 2.01. The van der Waals surface area contributed by atoms with Crippen LogP contribution < -0.4 is 4.74 Å². The van der Waals surface area contributed by atoms with Gasteiger partial charge in [0.15, 0.2) is 0 Å². The van der Waals surface area contributed by atoms with Gasteiger partial charge in [-0.25, -0.2) is 0 Å². The van der Waals surface area contributed by atoms with Crippen molar-refractivity contribution in [3.8, 4) is 5.75 Å². The van der Waals surface area contributed by atoms with Crippen LogP contribution in [0.4, 0.5) is 0 Å². The summed E-state index contributed by atoms with van der Waals surface area (Å²) in [6.07, 6.45) is 24.0. The van der Waals surface area contributed by atoms with Gasteiger partial charge in [-0.15, -0.1) is 0 Å². The van der Waals surface area contributed by atoms with E-state index in [1.807, 2.05) is 0 Å². The van der Waals surface area contributed by atoms with Crippen LogP contribution in [0.2, 0.25) is 0 Å². The monoisotopic (exact) mass is 360 g/mol. The lowest BCUT2D eigenvalue weighted by Crippen LogP contribution is -1.92. The number of unbranched alkanes of at least 4 members (excludes halogenated alkanes) is 15. The largest absolute Gasteiger partial charge is 0.496 e. The molecule has 26 heavy (non-hydrogen) atoms. The molecule has 1 rings (SSSR count). The van der Waals surface area contributed by atoms with Gasteiger partial charge >= 0.3 is 0 Å². The second kappa shape index (κ2) is 17.4. The Morgan fingerprint density at radius 3 is 1.46 bits per heavy atom. The molecule has 0 aliphatic rings. The fourth-order valence-electron chi connectivity index (χ4n) is 3.77. The minimum atomic E-state index is 1.05. The molecule has 0 N–H and O–H groups in total. The van der Waals surface area contributed by atoms with Crippen molar-refractivity contribution in [1.29, 1.82) is 0 Å². The van der Waals surface area contributed by atoms with Crippen molar-refractivity contribution >= 4 is 0 Å². The molecule has 0 saturated carbocycles. The highest BCUT2D eigenvalue weighted by atomic mass is 16.5. The van der Waals surface area contributed by atoms with E-state index in [0.29, 0.717) is 0 Å². The molecule has 0 aliphatic carbocycles. The van der Waals surface area contributed by atoms with Gasteiger partial charge in [-0.1, -0.05) is 121 Å². The molecule has 1 aromatic carbocycles. The molecule has 0 unspecified atom stereocenters. The zero-order chi connectivity index (χ0) is 18.7. The van der Waals surface area contributed by atoms with Gasteiger partial charge in [-0.05, 0) is 24.5 Å². The lowest BCUT2D eigenvalue weighted by atomic mass is 10.0. The lowest BCUT2D eigenvalue weighted by molar-refractivity contribution is 0.408. The molecule has 0 saturated heterocycles. The van der Waals surface area contributed by atoms with Crippen LogP contribution in [0, 0.1) is 0 Å². The molecular weight excluding hydrogens is 316 g/mol. The van der Waals surface area contributed by atoms with Gasteiger partial charge in [0.25, 0.3) is 0 Å². The smallest absolute Gasteiger partial charge is 0.122 e. The zero-order valence-electron chi connectivity index (χ0n) is 17.7. The molecule has 0 radical (unpaired) electrons. The van der Waals surface area contributed by atoms with E-state index >= 15 is 0 Å². The fourth-order valence-corrected chi connectivity index (χ4v) is 3.77. The Kier molecular flexibility index (Phi) is 15.5. The molecule has 0 bridgehead atoms.